The summed E-state index contributed by atoms with van der Waals surface area (Å²) in [6, 6.07) is 12.3. The minimum absolute atomic E-state index is 0.214. The Balaban J connectivity index is 1.31. The van der Waals surface area contributed by atoms with Crippen LogP contribution < -0.4 is 4.90 Å². The van der Waals surface area contributed by atoms with Crippen molar-refractivity contribution < 1.29 is 14.3 Å². The number of halogens is 1. The summed E-state index contributed by atoms with van der Waals surface area (Å²) in [5.74, 6) is -0.387. The second kappa shape index (κ2) is 9.76. The van der Waals surface area contributed by atoms with Crippen LogP contribution in [0.4, 0.5) is 5.69 Å². The number of anilines is 1. The molecule has 0 bridgehead atoms. The average Bonchev–Trinajstić information content (AvgIpc) is 3.25. The molecule has 190 valence electrons. The van der Waals surface area contributed by atoms with Crippen molar-refractivity contribution in [3.8, 4) is 11.3 Å². The van der Waals surface area contributed by atoms with E-state index in [1.165, 1.54) is 17.4 Å². The number of carbonyl (C=O) groups is 1. The van der Waals surface area contributed by atoms with Gasteiger partial charge in [-0.1, -0.05) is 30.2 Å². The van der Waals surface area contributed by atoms with Crippen LogP contribution in [0.1, 0.15) is 47.8 Å². The van der Waals surface area contributed by atoms with Crippen LogP contribution in [0.5, 0.6) is 0 Å². The number of hydrogen-bond acceptors (Lipinski definition) is 7. The summed E-state index contributed by atoms with van der Waals surface area (Å²) in [6.45, 7) is 5.46. The molecule has 0 radical (unpaired) electrons. The zero-order valence-electron chi connectivity index (χ0n) is 20.7. The first-order valence-electron chi connectivity index (χ1n) is 12.7. The highest BCUT2D eigenvalue weighted by atomic mass is 35.5. The van der Waals surface area contributed by atoms with Crippen molar-refractivity contribution in [2.45, 2.75) is 31.6 Å². The van der Waals surface area contributed by atoms with Gasteiger partial charge in [-0.05, 0) is 49.6 Å². The molecule has 6 rings (SSSR count). The molecule has 1 saturated heterocycles. The topological polar surface area (TPSA) is 81.8 Å². The molecule has 4 heterocycles. The van der Waals surface area contributed by atoms with Crippen molar-refractivity contribution in [2.24, 2.45) is 0 Å². The molecule has 0 amide bonds. The van der Waals surface area contributed by atoms with E-state index in [4.69, 9.17) is 26.2 Å². The van der Waals surface area contributed by atoms with Crippen LogP contribution in [0.2, 0.25) is 5.02 Å². The highest BCUT2D eigenvalue weighted by molar-refractivity contribution is 6.34. The van der Waals surface area contributed by atoms with Crippen molar-refractivity contribution in [1.82, 2.24) is 19.6 Å². The van der Waals surface area contributed by atoms with E-state index in [1.807, 2.05) is 6.20 Å². The number of carbonyl (C=O) groups excluding carboxylic acids is 1. The molecule has 0 atom stereocenters. The van der Waals surface area contributed by atoms with Crippen LogP contribution >= 0.6 is 11.6 Å². The van der Waals surface area contributed by atoms with Gasteiger partial charge in [0, 0.05) is 48.3 Å². The van der Waals surface area contributed by atoms with Gasteiger partial charge in [-0.25, -0.2) is 14.3 Å². The molecule has 9 heteroatoms. The number of fused-ring (bicyclic) bond motifs is 1. The largest absolute Gasteiger partial charge is 0.462 e. The first-order chi connectivity index (χ1) is 18.1. The van der Waals surface area contributed by atoms with Crippen LogP contribution in [0.3, 0.4) is 0 Å². The fourth-order valence-electron chi connectivity index (χ4n) is 5.25. The van der Waals surface area contributed by atoms with Crippen LogP contribution in [0, 0.1) is 0 Å². The van der Waals surface area contributed by atoms with Gasteiger partial charge in [0.15, 0.2) is 5.65 Å². The summed E-state index contributed by atoms with van der Waals surface area (Å²) in [7, 11) is 0. The fourth-order valence-corrected chi connectivity index (χ4v) is 5.60. The van der Waals surface area contributed by atoms with E-state index in [9.17, 15) is 4.79 Å². The molecule has 3 aromatic heterocycles. The Bertz CT molecular complexity index is 1420. The van der Waals surface area contributed by atoms with Crippen molar-refractivity contribution >= 4 is 28.9 Å². The molecule has 0 unspecified atom stereocenters. The molecule has 2 fully saturated rings. The zero-order chi connectivity index (χ0) is 25.4. The third-order valence-corrected chi connectivity index (χ3v) is 7.79. The summed E-state index contributed by atoms with van der Waals surface area (Å²) < 4.78 is 12.3. The van der Waals surface area contributed by atoms with E-state index in [0.717, 1.165) is 56.8 Å². The number of aromatic nitrogens is 4. The summed E-state index contributed by atoms with van der Waals surface area (Å²) in [4.78, 5) is 23.4. The van der Waals surface area contributed by atoms with E-state index in [-0.39, 0.29) is 11.4 Å². The first-order valence-corrected chi connectivity index (χ1v) is 13.1. The van der Waals surface area contributed by atoms with E-state index in [0.29, 0.717) is 28.5 Å². The molecule has 1 aliphatic carbocycles. The van der Waals surface area contributed by atoms with Gasteiger partial charge in [0.2, 0.25) is 0 Å². The number of esters is 1. The summed E-state index contributed by atoms with van der Waals surface area (Å²) in [5.41, 5.74) is 5.62. The van der Waals surface area contributed by atoms with Crippen LogP contribution in [-0.2, 0) is 14.9 Å². The number of pyridine rings is 1. The molecule has 1 aliphatic heterocycles. The van der Waals surface area contributed by atoms with Crippen molar-refractivity contribution in [2.75, 3.05) is 37.8 Å². The molecule has 4 aromatic rings. The Hall–Kier alpha value is -3.49. The van der Waals surface area contributed by atoms with Gasteiger partial charge < -0.3 is 14.4 Å². The maximum absolute atomic E-state index is 11.9. The van der Waals surface area contributed by atoms with E-state index in [2.05, 4.69) is 39.1 Å². The number of morpholine rings is 1. The fraction of sp³-hybridized carbons (Fsp3) is 0.357. The second-order valence-corrected chi connectivity index (χ2v) is 9.89. The lowest BCUT2D eigenvalue weighted by Gasteiger charge is -2.41. The number of hydrogen-bond donors (Lipinski definition) is 0. The van der Waals surface area contributed by atoms with Crippen LogP contribution in [-0.4, -0.2) is 58.5 Å². The van der Waals surface area contributed by atoms with Gasteiger partial charge in [-0.2, -0.15) is 5.10 Å². The number of ether oxygens (including phenoxy) is 2. The van der Waals surface area contributed by atoms with E-state index in [1.54, 1.807) is 29.8 Å². The van der Waals surface area contributed by atoms with Crippen molar-refractivity contribution in [3.63, 3.8) is 0 Å². The lowest BCUT2D eigenvalue weighted by molar-refractivity contribution is 0.0526. The third-order valence-electron chi connectivity index (χ3n) is 7.44. The Morgan fingerprint density at radius 2 is 1.86 bits per heavy atom. The molecule has 1 saturated carbocycles. The number of benzene rings is 1. The van der Waals surface area contributed by atoms with Gasteiger partial charge >= 0.3 is 5.97 Å². The van der Waals surface area contributed by atoms with Crippen molar-refractivity contribution in [3.05, 3.63) is 76.8 Å². The van der Waals surface area contributed by atoms with E-state index >= 15 is 0 Å². The number of rotatable bonds is 6. The SMILES string of the molecule is CCOC(=O)c1ccc(-c2cnc3c(Cl)c(C4(c5ccc(N6CCOCC6)cc5)CCC4)nn3c2)nc1. The smallest absolute Gasteiger partial charge is 0.339 e. The summed E-state index contributed by atoms with van der Waals surface area (Å²) in [5, 5.41) is 5.54. The van der Waals surface area contributed by atoms with Gasteiger partial charge in [-0.15, -0.1) is 0 Å². The lowest BCUT2D eigenvalue weighted by Crippen LogP contribution is -2.37. The highest BCUT2D eigenvalue weighted by Crippen LogP contribution is 2.51. The number of nitrogens with zero attached hydrogens (tertiary/aromatic N) is 5. The molecular formula is C28H28ClN5O3. The lowest BCUT2D eigenvalue weighted by atomic mass is 9.62. The molecule has 0 N–H and O–H groups in total. The third kappa shape index (κ3) is 4.24. The predicted octanol–water partition coefficient (Wildman–Crippen LogP) is 4.93. The van der Waals surface area contributed by atoms with Crippen molar-refractivity contribution in [1.29, 1.82) is 0 Å². The quantitative estimate of drug-likeness (QED) is 0.335. The minimum Gasteiger partial charge on any atom is -0.462 e. The standard InChI is InChI=1S/C28H28ClN5O3/c1-2-37-27(35)19-4-9-23(30-16-19)20-17-31-26-24(29)25(32-34(26)18-20)28(10-3-11-28)21-5-7-22(8-6-21)33-12-14-36-15-13-33/h4-9,16-18H,2-3,10-15H2,1H3. The summed E-state index contributed by atoms with van der Waals surface area (Å²) >= 11 is 6.91. The van der Waals surface area contributed by atoms with Crippen LogP contribution in [0.15, 0.2) is 55.0 Å². The van der Waals surface area contributed by atoms with E-state index < -0.39 is 0 Å². The maximum atomic E-state index is 11.9. The Kier molecular flexibility index (Phi) is 6.30. The summed E-state index contributed by atoms with van der Waals surface area (Å²) in [6.07, 6.45) is 8.27. The van der Waals surface area contributed by atoms with Gasteiger partial charge in [0.1, 0.15) is 5.02 Å². The van der Waals surface area contributed by atoms with Gasteiger partial charge in [-0.3, -0.25) is 4.98 Å². The van der Waals surface area contributed by atoms with Gasteiger partial charge in [0.25, 0.3) is 0 Å². The zero-order valence-corrected chi connectivity index (χ0v) is 21.4. The normalized spacial score (nSPS) is 17.0. The first kappa shape index (κ1) is 23.9. The Labute approximate surface area is 220 Å². The van der Waals surface area contributed by atoms with Crippen LogP contribution in [0.25, 0.3) is 16.9 Å². The monoisotopic (exact) mass is 517 g/mol. The highest BCUT2D eigenvalue weighted by Gasteiger charge is 2.44. The molecular weight excluding hydrogens is 490 g/mol. The second-order valence-electron chi connectivity index (χ2n) is 9.51. The molecule has 1 aromatic carbocycles. The Morgan fingerprint density at radius 1 is 1.08 bits per heavy atom. The molecule has 2 aliphatic rings. The maximum Gasteiger partial charge on any atom is 0.339 e. The Morgan fingerprint density at radius 3 is 2.51 bits per heavy atom. The minimum atomic E-state index is -0.387. The van der Waals surface area contributed by atoms with Gasteiger partial charge in [0.05, 0.1) is 36.8 Å². The average molecular weight is 518 g/mol. The molecule has 8 nitrogen and oxygen atoms in total. The predicted molar refractivity (Wildman–Crippen MR) is 141 cm³/mol. The molecule has 0 spiro atoms. The molecule has 37 heavy (non-hydrogen) atoms.